The first-order chi connectivity index (χ1) is 7.47. The van der Waals surface area contributed by atoms with Gasteiger partial charge >= 0.3 is 58.4 Å². The van der Waals surface area contributed by atoms with E-state index in [-0.39, 0.29) is 57.9 Å². The summed E-state index contributed by atoms with van der Waals surface area (Å²) in [6.45, 7) is -0.708. The Morgan fingerprint density at radius 1 is 1.18 bits per heavy atom. The number of halogens is 3. The van der Waals surface area contributed by atoms with Gasteiger partial charge in [0.05, 0.1) is 0 Å². The predicted molar refractivity (Wildman–Crippen MR) is 58.8 cm³/mol. The Balaban J connectivity index is 0.00000144. The third-order valence-electron chi connectivity index (χ3n) is 2.80. The van der Waals surface area contributed by atoms with Crippen molar-refractivity contribution in [3.8, 4) is 0 Å². The van der Waals surface area contributed by atoms with Crippen molar-refractivity contribution in [2.45, 2.75) is 13.1 Å². The van der Waals surface area contributed by atoms with E-state index in [1.54, 1.807) is 4.90 Å². The molecule has 0 amide bonds. The second-order valence-electron chi connectivity index (χ2n) is 4.15. The zero-order valence-electron chi connectivity index (χ0n) is 9.80. The summed E-state index contributed by atoms with van der Waals surface area (Å²) in [4.78, 5) is 1.77. The van der Waals surface area contributed by atoms with Crippen LogP contribution < -0.4 is 51.4 Å². The number of nitrogens with zero attached hydrogens (tertiary/aromatic N) is 1. The fourth-order valence-electron chi connectivity index (χ4n) is 1.91. The Morgan fingerprint density at radius 3 is 2.06 bits per heavy atom. The zero-order valence-corrected chi connectivity index (χ0v) is 12.9. The van der Waals surface area contributed by atoms with E-state index in [1.165, 1.54) is 0 Å². The number of rotatable bonds is 3. The third-order valence-corrected chi connectivity index (χ3v) is 2.80. The molecule has 1 nitrogen and oxygen atoms in total. The molecule has 0 unspecified atom stereocenters. The molecule has 0 radical (unpaired) electrons. The van der Waals surface area contributed by atoms with E-state index in [4.69, 9.17) is 0 Å². The van der Waals surface area contributed by atoms with E-state index < -0.39 is 12.4 Å². The van der Waals surface area contributed by atoms with Gasteiger partial charge in [-0.15, -0.1) is 12.1 Å². The fourth-order valence-corrected chi connectivity index (χ4v) is 1.91. The standard InChI is InChI=1S/C11H12BF3N.K/c1-9(12(13,14)15)6-16-7-10-4-2-3-5-11(10)8-16;/h2-5H,1,6-8H2;/q-1;+1. The van der Waals surface area contributed by atoms with E-state index in [2.05, 4.69) is 6.58 Å². The summed E-state index contributed by atoms with van der Waals surface area (Å²) in [5.74, 6) is 0. The van der Waals surface area contributed by atoms with Gasteiger partial charge in [-0.05, 0) is 17.7 Å². The minimum absolute atomic E-state index is 0. The molecule has 6 heteroatoms. The summed E-state index contributed by atoms with van der Waals surface area (Å²) >= 11 is 0. The maximum Gasteiger partial charge on any atom is 1.00 e. The quantitative estimate of drug-likeness (QED) is 0.693. The van der Waals surface area contributed by atoms with Crippen LogP contribution in [0.4, 0.5) is 12.9 Å². The molecule has 1 aliphatic rings. The first kappa shape index (κ1) is 15.5. The summed E-state index contributed by atoms with van der Waals surface area (Å²) in [6.07, 6.45) is 0. The van der Waals surface area contributed by atoms with Gasteiger partial charge < -0.3 is 12.9 Å². The second-order valence-corrected chi connectivity index (χ2v) is 4.15. The minimum atomic E-state index is -4.91. The molecule has 0 spiro atoms. The number of benzene rings is 1. The van der Waals surface area contributed by atoms with Gasteiger partial charge in [-0.25, -0.2) is 0 Å². The Bertz CT molecular complexity index is 394. The van der Waals surface area contributed by atoms with Gasteiger partial charge in [0.1, 0.15) is 0 Å². The molecule has 1 aromatic rings. The average Bonchev–Trinajstić information content (AvgIpc) is 2.58. The molecule has 1 heterocycles. The van der Waals surface area contributed by atoms with Crippen molar-refractivity contribution < 1.29 is 64.3 Å². The smallest absolute Gasteiger partial charge is 0.445 e. The van der Waals surface area contributed by atoms with Gasteiger partial charge in [0.15, 0.2) is 0 Å². The maximum absolute atomic E-state index is 12.4. The van der Waals surface area contributed by atoms with E-state index in [9.17, 15) is 12.9 Å². The molecule has 0 saturated carbocycles. The molecular weight excluding hydrogens is 253 g/mol. The van der Waals surface area contributed by atoms with Gasteiger partial charge in [-0.3, -0.25) is 4.90 Å². The molecule has 0 saturated heterocycles. The molecule has 86 valence electrons. The molecule has 0 bridgehead atoms. The third kappa shape index (κ3) is 3.94. The van der Waals surface area contributed by atoms with Crippen LogP contribution in [0.25, 0.3) is 0 Å². The van der Waals surface area contributed by atoms with Crippen molar-refractivity contribution in [2.24, 2.45) is 0 Å². The Kier molecular flexibility index (Phi) is 5.49. The van der Waals surface area contributed by atoms with Gasteiger partial charge in [0, 0.05) is 13.1 Å². The van der Waals surface area contributed by atoms with Crippen LogP contribution in [0, 0.1) is 0 Å². The summed E-state index contributed by atoms with van der Waals surface area (Å²) in [7, 11) is 0. The molecule has 1 aliphatic heterocycles. The van der Waals surface area contributed by atoms with Crippen LogP contribution in [0.1, 0.15) is 11.1 Å². The van der Waals surface area contributed by atoms with Gasteiger partial charge in [-0.2, -0.15) is 0 Å². The van der Waals surface area contributed by atoms with Crippen molar-refractivity contribution in [3.05, 3.63) is 47.4 Å². The van der Waals surface area contributed by atoms with Crippen LogP contribution in [-0.2, 0) is 13.1 Å². The fraction of sp³-hybridized carbons (Fsp3) is 0.273. The van der Waals surface area contributed by atoms with Crippen LogP contribution in [0.15, 0.2) is 36.3 Å². The van der Waals surface area contributed by atoms with Crippen LogP contribution in [0.5, 0.6) is 0 Å². The first-order valence-electron chi connectivity index (χ1n) is 5.13. The molecular formula is C11H12BF3KN. The molecule has 0 fully saturated rings. The van der Waals surface area contributed by atoms with Crippen LogP contribution in [-0.4, -0.2) is 18.4 Å². The van der Waals surface area contributed by atoms with E-state index in [0.717, 1.165) is 11.1 Å². The molecule has 0 N–H and O–H groups in total. The van der Waals surface area contributed by atoms with Gasteiger partial charge in [-0.1, -0.05) is 24.3 Å². The van der Waals surface area contributed by atoms with Crippen LogP contribution >= 0.6 is 0 Å². The van der Waals surface area contributed by atoms with E-state index in [0.29, 0.717) is 13.1 Å². The normalized spacial score (nSPS) is 15.2. The van der Waals surface area contributed by atoms with Crippen molar-refractivity contribution in [1.82, 2.24) is 4.90 Å². The Hall–Kier alpha value is 0.411. The minimum Gasteiger partial charge on any atom is -0.445 e. The number of hydrogen-bond acceptors (Lipinski definition) is 1. The topological polar surface area (TPSA) is 3.24 Å². The molecule has 1 aromatic carbocycles. The largest absolute Gasteiger partial charge is 1.00 e. The van der Waals surface area contributed by atoms with Gasteiger partial charge in [0.2, 0.25) is 0 Å². The van der Waals surface area contributed by atoms with E-state index in [1.807, 2.05) is 24.3 Å². The van der Waals surface area contributed by atoms with Crippen LogP contribution in [0.3, 0.4) is 0 Å². The Morgan fingerprint density at radius 2 is 1.65 bits per heavy atom. The first-order valence-corrected chi connectivity index (χ1v) is 5.13. The summed E-state index contributed by atoms with van der Waals surface area (Å²) in [5, 5.41) is 0. The van der Waals surface area contributed by atoms with Crippen molar-refractivity contribution >= 4 is 6.98 Å². The monoisotopic (exact) mass is 265 g/mol. The maximum atomic E-state index is 12.4. The summed E-state index contributed by atoms with van der Waals surface area (Å²) < 4.78 is 37.1. The SMILES string of the molecule is C=C(CN1Cc2ccccc2C1)[B-](F)(F)F.[K+]. The second kappa shape index (κ2) is 6.04. The van der Waals surface area contributed by atoms with Crippen LogP contribution in [0.2, 0.25) is 0 Å². The average molecular weight is 265 g/mol. The van der Waals surface area contributed by atoms with Crippen molar-refractivity contribution in [2.75, 3.05) is 6.54 Å². The molecule has 0 aliphatic carbocycles. The van der Waals surface area contributed by atoms with Gasteiger partial charge in [0.25, 0.3) is 0 Å². The summed E-state index contributed by atoms with van der Waals surface area (Å²) in [6, 6.07) is 7.73. The van der Waals surface area contributed by atoms with Crippen molar-refractivity contribution in [1.29, 1.82) is 0 Å². The molecule has 17 heavy (non-hydrogen) atoms. The molecule has 2 rings (SSSR count). The van der Waals surface area contributed by atoms with E-state index >= 15 is 0 Å². The molecule has 0 aromatic heterocycles. The number of hydrogen-bond donors (Lipinski definition) is 0. The summed E-state index contributed by atoms with van der Waals surface area (Å²) in [5.41, 5.74) is 1.61. The predicted octanol–water partition coefficient (Wildman–Crippen LogP) is -0.0510. The van der Waals surface area contributed by atoms with Crippen molar-refractivity contribution in [3.63, 3.8) is 0 Å². The number of fused-ring (bicyclic) bond motifs is 1. The Labute approximate surface area is 142 Å². The zero-order chi connectivity index (χ0) is 11.8. The molecule has 0 atom stereocenters.